The molecule has 2 rings (SSSR count). The standard InChI is InChI=1S/C34H59N7O8/c1-24(2)29(38-32(44)35-16-20-47-5)30(42)40-41(22-27-14-18-49-19-15-27)23-28(13-12-26-10-8-7-9-11-26)37-31(43)34(46,25(3)4)39-33(45)36-17-21-48-6/h7-11,24-25,27-29,46H,12-23H2,1-6H3,(H,37,43)(H,40,42)(H2,35,38,44)(H2,36,39,45)/t28-,29-,34+/m0/s1. The van der Waals surface area contributed by atoms with Gasteiger partial charge in [0.15, 0.2) is 0 Å². The summed E-state index contributed by atoms with van der Waals surface area (Å²) in [6.07, 6.45) is 2.68. The van der Waals surface area contributed by atoms with Crippen LogP contribution in [0.3, 0.4) is 0 Å². The molecule has 6 amide bonds. The zero-order valence-electron chi connectivity index (χ0n) is 30.0. The van der Waals surface area contributed by atoms with Crippen molar-refractivity contribution in [2.45, 2.75) is 71.2 Å². The van der Waals surface area contributed by atoms with Gasteiger partial charge in [0.1, 0.15) is 6.04 Å². The molecule has 0 unspecified atom stereocenters. The Hall–Kier alpha value is -3.50. The van der Waals surface area contributed by atoms with Gasteiger partial charge in [-0.05, 0) is 43.1 Å². The van der Waals surface area contributed by atoms with E-state index in [9.17, 15) is 24.3 Å². The van der Waals surface area contributed by atoms with E-state index >= 15 is 0 Å². The van der Waals surface area contributed by atoms with Gasteiger partial charge in [0, 0.05) is 65.6 Å². The minimum Gasteiger partial charge on any atom is -0.383 e. The number of carbonyl (C=O) groups excluding carboxylic acids is 4. The van der Waals surface area contributed by atoms with E-state index < -0.39 is 47.6 Å². The molecular formula is C34H59N7O8. The number of ether oxygens (including phenoxy) is 3. The third-order valence-corrected chi connectivity index (χ3v) is 8.39. The van der Waals surface area contributed by atoms with Crippen molar-refractivity contribution >= 4 is 23.9 Å². The number of urea groups is 2. The van der Waals surface area contributed by atoms with Crippen molar-refractivity contribution < 1.29 is 38.5 Å². The average molecular weight is 694 g/mol. The molecule has 7 N–H and O–H groups in total. The number of amides is 6. The fraction of sp³-hybridized carbons (Fsp3) is 0.706. The van der Waals surface area contributed by atoms with Crippen LogP contribution < -0.4 is 32.0 Å². The normalized spacial score (nSPS) is 16.0. The Bertz CT molecular complexity index is 1140. The van der Waals surface area contributed by atoms with Gasteiger partial charge in [-0.25, -0.2) is 14.6 Å². The lowest BCUT2D eigenvalue weighted by molar-refractivity contribution is -0.148. The maximum atomic E-state index is 13.8. The van der Waals surface area contributed by atoms with Crippen LogP contribution in [0.2, 0.25) is 0 Å². The second-order valence-corrected chi connectivity index (χ2v) is 13.0. The molecule has 15 heteroatoms. The summed E-state index contributed by atoms with van der Waals surface area (Å²) in [5.41, 5.74) is 1.86. The molecule has 1 saturated heterocycles. The number of carbonyl (C=O) groups is 4. The van der Waals surface area contributed by atoms with Crippen LogP contribution in [0.4, 0.5) is 9.59 Å². The Balaban J connectivity index is 2.32. The van der Waals surface area contributed by atoms with Gasteiger partial charge in [-0.1, -0.05) is 58.0 Å². The van der Waals surface area contributed by atoms with Crippen molar-refractivity contribution in [3.63, 3.8) is 0 Å². The van der Waals surface area contributed by atoms with Crippen molar-refractivity contribution in [3.05, 3.63) is 35.9 Å². The number of methoxy groups -OCH3 is 2. The number of aryl methyl sites for hydroxylation is 1. The first-order valence-corrected chi connectivity index (χ1v) is 17.2. The lowest BCUT2D eigenvalue weighted by atomic mass is 9.97. The highest BCUT2D eigenvalue weighted by molar-refractivity contribution is 5.90. The van der Waals surface area contributed by atoms with Crippen LogP contribution in [0, 0.1) is 17.8 Å². The Labute approximate surface area is 290 Å². The molecule has 0 aliphatic carbocycles. The van der Waals surface area contributed by atoms with E-state index in [1.807, 2.05) is 44.2 Å². The van der Waals surface area contributed by atoms with Crippen LogP contribution >= 0.6 is 0 Å². The Morgan fingerprint density at radius 3 is 2.12 bits per heavy atom. The summed E-state index contributed by atoms with van der Waals surface area (Å²) in [6, 6.07) is 7.20. The zero-order valence-corrected chi connectivity index (χ0v) is 30.0. The number of nitrogens with zero attached hydrogens (tertiary/aromatic N) is 1. The van der Waals surface area contributed by atoms with Crippen molar-refractivity contribution in [3.8, 4) is 0 Å². The summed E-state index contributed by atoms with van der Waals surface area (Å²) in [5, 5.41) is 26.7. The van der Waals surface area contributed by atoms with E-state index in [4.69, 9.17) is 14.2 Å². The highest BCUT2D eigenvalue weighted by Gasteiger charge is 2.42. The molecule has 278 valence electrons. The topological polar surface area (TPSA) is 192 Å². The maximum absolute atomic E-state index is 13.8. The maximum Gasteiger partial charge on any atom is 0.317 e. The first kappa shape index (κ1) is 41.7. The monoisotopic (exact) mass is 693 g/mol. The quantitative estimate of drug-likeness (QED) is 0.0562. The lowest BCUT2D eigenvalue weighted by Gasteiger charge is -2.36. The molecule has 0 bridgehead atoms. The molecule has 3 atom stereocenters. The van der Waals surface area contributed by atoms with Gasteiger partial charge in [-0.15, -0.1) is 0 Å². The van der Waals surface area contributed by atoms with Gasteiger partial charge in [-0.3, -0.25) is 15.0 Å². The Morgan fingerprint density at radius 2 is 1.55 bits per heavy atom. The van der Waals surface area contributed by atoms with E-state index in [-0.39, 0.29) is 31.5 Å². The van der Waals surface area contributed by atoms with Crippen molar-refractivity contribution in [1.82, 2.24) is 37.0 Å². The Morgan fingerprint density at radius 1 is 0.939 bits per heavy atom. The van der Waals surface area contributed by atoms with Crippen LogP contribution in [0.15, 0.2) is 30.3 Å². The van der Waals surface area contributed by atoms with Gasteiger partial charge in [0.05, 0.1) is 13.2 Å². The van der Waals surface area contributed by atoms with E-state index in [0.717, 1.165) is 18.4 Å². The summed E-state index contributed by atoms with van der Waals surface area (Å²) in [7, 11) is 3.04. The smallest absolute Gasteiger partial charge is 0.317 e. The van der Waals surface area contributed by atoms with E-state index in [2.05, 4.69) is 32.0 Å². The predicted octanol–water partition coefficient (Wildman–Crippen LogP) is 1.12. The summed E-state index contributed by atoms with van der Waals surface area (Å²) in [6.45, 7) is 9.93. The molecule has 0 radical (unpaired) electrons. The molecule has 0 aromatic heterocycles. The van der Waals surface area contributed by atoms with Crippen LogP contribution in [0.1, 0.15) is 52.5 Å². The molecule has 1 fully saturated rings. The largest absolute Gasteiger partial charge is 0.383 e. The summed E-state index contributed by atoms with van der Waals surface area (Å²) in [4.78, 5) is 52.7. The molecule has 49 heavy (non-hydrogen) atoms. The SMILES string of the molecule is COCCNC(=O)N[C@H](C(=O)NN(CC1CCOCC1)C[C@H](CCc1ccccc1)NC(=O)[C@@](O)(NC(=O)NCCOC)C(C)C)C(C)C. The van der Waals surface area contributed by atoms with Gasteiger partial charge < -0.3 is 45.9 Å². The minimum absolute atomic E-state index is 0.194. The third kappa shape index (κ3) is 15.3. The van der Waals surface area contributed by atoms with Gasteiger partial charge in [-0.2, -0.15) is 0 Å². The van der Waals surface area contributed by atoms with Gasteiger partial charge in [0.2, 0.25) is 5.72 Å². The zero-order chi connectivity index (χ0) is 36.2. The second kappa shape index (κ2) is 22.3. The molecule has 1 aromatic carbocycles. The molecule has 1 heterocycles. The number of nitrogens with one attached hydrogen (secondary N) is 6. The molecule has 0 saturated carbocycles. The third-order valence-electron chi connectivity index (χ3n) is 8.39. The number of hydrogen-bond donors (Lipinski definition) is 7. The lowest BCUT2D eigenvalue weighted by Crippen LogP contribution is -2.66. The van der Waals surface area contributed by atoms with Crippen LogP contribution in [0.25, 0.3) is 0 Å². The fourth-order valence-electron chi connectivity index (χ4n) is 5.33. The number of benzene rings is 1. The molecule has 1 aliphatic rings. The molecular weight excluding hydrogens is 634 g/mol. The van der Waals surface area contributed by atoms with Gasteiger partial charge in [0.25, 0.3) is 11.8 Å². The predicted molar refractivity (Wildman–Crippen MR) is 185 cm³/mol. The van der Waals surface area contributed by atoms with E-state index in [0.29, 0.717) is 45.8 Å². The molecule has 1 aromatic rings. The van der Waals surface area contributed by atoms with E-state index in [1.54, 1.807) is 18.9 Å². The first-order valence-electron chi connectivity index (χ1n) is 17.2. The highest BCUT2D eigenvalue weighted by Crippen LogP contribution is 2.18. The number of hydrazine groups is 1. The second-order valence-electron chi connectivity index (χ2n) is 13.0. The number of aliphatic hydroxyl groups is 1. The van der Waals surface area contributed by atoms with Crippen molar-refractivity contribution in [2.75, 3.05) is 66.8 Å². The molecule has 1 aliphatic heterocycles. The number of rotatable bonds is 21. The van der Waals surface area contributed by atoms with Crippen molar-refractivity contribution in [2.24, 2.45) is 17.8 Å². The van der Waals surface area contributed by atoms with E-state index in [1.165, 1.54) is 14.2 Å². The molecule has 0 spiro atoms. The van der Waals surface area contributed by atoms with Crippen molar-refractivity contribution in [1.29, 1.82) is 0 Å². The minimum atomic E-state index is -2.22. The number of hydrogen-bond acceptors (Lipinski definition) is 9. The van der Waals surface area contributed by atoms with Gasteiger partial charge >= 0.3 is 12.1 Å². The average Bonchev–Trinajstić information content (AvgIpc) is 3.06. The summed E-state index contributed by atoms with van der Waals surface area (Å²) >= 11 is 0. The molecule has 15 nitrogen and oxygen atoms in total. The fourth-order valence-corrected chi connectivity index (χ4v) is 5.33. The van der Waals surface area contributed by atoms with Crippen LogP contribution in [0.5, 0.6) is 0 Å². The summed E-state index contributed by atoms with van der Waals surface area (Å²) in [5.74, 6) is -1.86. The highest BCUT2D eigenvalue weighted by atomic mass is 16.5. The Kier molecular flexibility index (Phi) is 18.9. The first-order chi connectivity index (χ1) is 23.4. The van der Waals surface area contributed by atoms with Crippen LogP contribution in [-0.4, -0.2) is 119 Å². The van der Waals surface area contributed by atoms with Crippen LogP contribution in [-0.2, 0) is 30.2 Å². The summed E-state index contributed by atoms with van der Waals surface area (Å²) < 4.78 is 15.5.